The Morgan fingerprint density at radius 3 is 2.59 bits per heavy atom. The molecule has 0 bridgehead atoms. The van der Waals surface area contributed by atoms with E-state index < -0.39 is 21.0 Å². The van der Waals surface area contributed by atoms with Gasteiger partial charge >= 0.3 is 0 Å². The van der Waals surface area contributed by atoms with Crippen molar-refractivity contribution in [1.29, 1.82) is 0 Å². The number of rotatable bonds is 6. The topological polar surface area (TPSA) is 124 Å². The van der Waals surface area contributed by atoms with Gasteiger partial charge in [-0.1, -0.05) is 18.2 Å². The Balaban J connectivity index is 1.94. The fourth-order valence-electron chi connectivity index (χ4n) is 2.55. The van der Waals surface area contributed by atoms with Crippen molar-refractivity contribution in [2.24, 2.45) is 0 Å². The van der Waals surface area contributed by atoms with E-state index in [9.17, 15) is 18.5 Å². The molecule has 0 amide bonds. The largest absolute Gasteiger partial charge is 0.269 e. The van der Waals surface area contributed by atoms with Crippen LogP contribution in [0.2, 0.25) is 0 Å². The second-order valence-corrected chi connectivity index (χ2v) is 7.80. The summed E-state index contributed by atoms with van der Waals surface area (Å²) in [6.07, 6.45) is 1.36. The zero-order valence-corrected chi connectivity index (χ0v) is 15.3. The number of nitro benzene ring substituents is 1. The van der Waals surface area contributed by atoms with Gasteiger partial charge in [-0.3, -0.25) is 10.1 Å². The standard InChI is InChI=1S/C16H16N6O4S/c1-12(13-5-3-7-15(9-13)22(23)24)20(2)27(25,26)16-8-4-6-14(10-16)21-11-17-18-19-21/h3-12H,1-2H3. The lowest BCUT2D eigenvalue weighted by molar-refractivity contribution is -0.384. The quantitative estimate of drug-likeness (QED) is 0.467. The fourth-order valence-corrected chi connectivity index (χ4v) is 3.94. The van der Waals surface area contributed by atoms with E-state index in [1.807, 2.05) is 0 Å². The molecule has 3 aromatic rings. The molecule has 0 spiro atoms. The van der Waals surface area contributed by atoms with Gasteiger partial charge in [0.1, 0.15) is 6.33 Å². The highest BCUT2D eigenvalue weighted by Crippen LogP contribution is 2.28. The van der Waals surface area contributed by atoms with Gasteiger partial charge in [0.25, 0.3) is 5.69 Å². The minimum absolute atomic E-state index is 0.0651. The lowest BCUT2D eigenvalue weighted by Gasteiger charge is -2.24. The molecule has 27 heavy (non-hydrogen) atoms. The van der Waals surface area contributed by atoms with Crippen LogP contribution in [0.15, 0.2) is 59.8 Å². The van der Waals surface area contributed by atoms with Crippen LogP contribution in [0.3, 0.4) is 0 Å². The summed E-state index contributed by atoms with van der Waals surface area (Å²) in [5.74, 6) is 0. The van der Waals surface area contributed by atoms with Crippen molar-refractivity contribution >= 4 is 15.7 Å². The number of hydrogen-bond donors (Lipinski definition) is 0. The van der Waals surface area contributed by atoms with Gasteiger partial charge in [0.05, 0.1) is 15.5 Å². The summed E-state index contributed by atoms with van der Waals surface area (Å²) in [4.78, 5) is 10.5. The second-order valence-electron chi connectivity index (χ2n) is 5.80. The van der Waals surface area contributed by atoms with Gasteiger partial charge in [0.15, 0.2) is 0 Å². The molecule has 0 aliphatic heterocycles. The first-order valence-corrected chi connectivity index (χ1v) is 9.30. The van der Waals surface area contributed by atoms with E-state index in [1.54, 1.807) is 25.1 Å². The van der Waals surface area contributed by atoms with E-state index in [-0.39, 0.29) is 10.6 Å². The van der Waals surface area contributed by atoms with Gasteiger partial charge in [-0.15, -0.1) is 5.10 Å². The van der Waals surface area contributed by atoms with Gasteiger partial charge in [0.2, 0.25) is 10.0 Å². The molecule has 0 aliphatic carbocycles. The predicted molar refractivity (Wildman–Crippen MR) is 95.6 cm³/mol. The van der Waals surface area contributed by atoms with Crippen molar-refractivity contribution in [3.05, 3.63) is 70.5 Å². The number of non-ortho nitro benzene ring substituents is 1. The second kappa shape index (κ2) is 7.21. The van der Waals surface area contributed by atoms with Crippen molar-refractivity contribution in [2.45, 2.75) is 17.9 Å². The Kier molecular flexibility index (Phi) is 4.97. The average molecular weight is 388 g/mol. The lowest BCUT2D eigenvalue weighted by atomic mass is 10.1. The molecule has 1 heterocycles. The number of tetrazole rings is 1. The highest BCUT2D eigenvalue weighted by Gasteiger charge is 2.27. The van der Waals surface area contributed by atoms with E-state index in [4.69, 9.17) is 0 Å². The van der Waals surface area contributed by atoms with Crippen molar-refractivity contribution in [3.63, 3.8) is 0 Å². The molecule has 11 heteroatoms. The molecule has 140 valence electrons. The maximum absolute atomic E-state index is 13.0. The Hall–Kier alpha value is -3.18. The Labute approximate surface area is 155 Å². The Bertz CT molecular complexity index is 1070. The molecule has 0 fully saturated rings. The molecular formula is C16H16N6O4S. The molecule has 10 nitrogen and oxygen atoms in total. The zero-order valence-electron chi connectivity index (χ0n) is 14.5. The van der Waals surface area contributed by atoms with E-state index >= 15 is 0 Å². The molecule has 0 N–H and O–H groups in total. The van der Waals surface area contributed by atoms with Gasteiger partial charge in [0, 0.05) is 25.2 Å². The smallest absolute Gasteiger partial charge is 0.258 e. The maximum atomic E-state index is 13.0. The summed E-state index contributed by atoms with van der Waals surface area (Å²) >= 11 is 0. The average Bonchev–Trinajstić information content (AvgIpc) is 3.22. The maximum Gasteiger partial charge on any atom is 0.269 e. The third-order valence-corrected chi connectivity index (χ3v) is 6.14. The van der Waals surface area contributed by atoms with Crippen LogP contribution in [-0.4, -0.2) is 44.9 Å². The van der Waals surface area contributed by atoms with Crippen LogP contribution in [0.1, 0.15) is 18.5 Å². The molecule has 3 rings (SSSR count). The zero-order chi connectivity index (χ0) is 19.6. The fraction of sp³-hybridized carbons (Fsp3) is 0.188. The van der Waals surface area contributed by atoms with Crippen molar-refractivity contribution in [3.8, 4) is 5.69 Å². The Morgan fingerprint density at radius 1 is 1.19 bits per heavy atom. The third-order valence-electron chi connectivity index (χ3n) is 4.22. The van der Waals surface area contributed by atoms with Gasteiger partial charge in [-0.05, 0) is 41.1 Å². The van der Waals surface area contributed by atoms with Gasteiger partial charge < -0.3 is 0 Å². The van der Waals surface area contributed by atoms with Crippen molar-refractivity contribution < 1.29 is 13.3 Å². The molecule has 0 aliphatic rings. The number of benzene rings is 2. The summed E-state index contributed by atoms with van der Waals surface area (Å²) in [6, 6.07) is 11.5. The number of sulfonamides is 1. The lowest BCUT2D eigenvalue weighted by Crippen LogP contribution is -2.30. The summed E-state index contributed by atoms with van der Waals surface area (Å²) in [5.41, 5.74) is 0.926. The van der Waals surface area contributed by atoms with Crippen molar-refractivity contribution in [2.75, 3.05) is 7.05 Å². The highest BCUT2D eigenvalue weighted by atomic mass is 32.2. The molecule has 0 saturated carbocycles. The molecule has 2 aromatic carbocycles. The number of nitro groups is 1. The highest BCUT2D eigenvalue weighted by molar-refractivity contribution is 7.89. The molecule has 1 atom stereocenters. The number of hydrogen-bond acceptors (Lipinski definition) is 7. The van der Waals surface area contributed by atoms with E-state index in [0.29, 0.717) is 11.3 Å². The summed E-state index contributed by atoms with van der Waals surface area (Å²) in [5, 5.41) is 21.8. The van der Waals surface area contributed by atoms with Crippen molar-refractivity contribution in [1.82, 2.24) is 24.5 Å². The minimum Gasteiger partial charge on any atom is -0.258 e. The first-order chi connectivity index (χ1) is 12.8. The van der Waals surface area contributed by atoms with Crippen LogP contribution in [0, 0.1) is 10.1 Å². The van der Waals surface area contributed by atoms with Crippen LogP contribution in [0.25, 0.3) is 5.69 Å². The number of nitrogens with zero attached hydrogens (tertiary/aromatic N) is 6. The molecular weight excluding hydrogens is 372 g/mol. The summed E-state index contributed by atoms with van der Waals surface area (Å²) in [7, 11) is -2.42. The molecule has 0 saturated heterocycles. The first-order valence-electron chi connectivity index (χ1n) is 7.86. The van der Waals surface area contributed by atoms with Crippen LogP contribution >= 0.6 is 0 Å². The molecule has 0 radical (unpaired) electrons. The summed E-state index contributed by atoms with van der Waals surface area (Å²) < 4.78 is 28.6. The SMILES string of the molecule is CC(c1cccc([N+](=O)[O-])c1)N(C)S(=O)(=O)c1cccc(-n2cnnn2)c1. The summed E-state index contributed by atoms with van der Waals surface area (Å²) in [6.45, 7) is 1.67. The van der Waals surface area contributed by atoms with E-state index in [0.717, 1.165) is 0 Å². The molecule has 1 unspecified atom stereocenters. The Morgan fingerprint density at radius 2 is 1.93 bits per heavy atom. The van der Waals surface area contributed by atoms with Crippen LogP contribution in [-0.2, 0) is 10.0 Å². The van der Waals surface area contributed by atoms with E-state index in [2.05, 4.69) is 15.5 Å². The monoisotopic (exact) mass is 388 g/mol. The van der Waals surface area contributed by atoms with Gasteiger partial charge in [-0.2, -0.15) is 4.31 Å². The van der Waals surface area contributed by atoms with Crippen LogP contribution in [0.5, 0.6) is 0 Å². The predicted octanol–water partition coefficient (Wildman–Crippen LogP) is 1.95. The first kappa shape index (κ1) is 18.6. The van der Waals surface area contributed by atoms with E-state index in [1.165, 1.54) is 52.7 Å². The van der Waals surface area contributed by atoms with Crippen LogP contribution in [0.4, 0.5) is 5.69 Å². The number of aromatic nitrogens is 4. The normalized spacial score (nSPS) is 12.9. The molecule has 1 aromatic heterocycles. The van der Waals surface area contributed by atoms with Crippen LogP contribution < -0.4 is 0 Å². The minimum atomic E-state index is -3.85. The third kappa shape index (κ3) is 3.68. The van der Waals surface area contributed by atoms with Gasteiger partial charge in [-0.25, -0.2) is 13.1 Å².